The van der Waals surface area contributed by atoms with Crippen LogP contribution in [0.4, 0.5) is 14.9 Å². The molecule has 0 radical (unpaired) electrons. The summed E-state index contributed by atoms with van der Waals surface area (Å²) < 4.78 is 13.3. The fourth-order valence-electron chi connectivity index (χ4n) is 2.56. The van der Waals surface area contributed by atoms with Crippen molar-refractivity contribution in [1.29, 1.82) is 0 Å². The van der Waals surface area contributed by atoms with Crippen LogP contribution in [0.25, 0.3) is 0 Å². The number of hydrogen-bond acceptors (Lipinski definition) is 2. The predicted molar refractivity (Wildman–Crippen MR) is 78.2 cm³/mol. The molecule has 0 unspecified atom stereocenters. The van der Waals surface area contributed by atoms with Crippen molar-refractivity contribution in [3.8, 4) is 0 Å². The second-order valence-corrected chi connectivity index (χ2v) is 5.20. The molecule has 0 spiro atoms. The second-order valence-electron chi connectivity index (χ2n) is 5.20. The number of carbonyl (C=O) groups excluding carboxylic acids is 1. The van der Waals surface area contributed by atoms with E-state index in [0.717, 1.165) is 25.7 Å². The van der Waals surface area contributed by atoms with E-state index in [1.54, 1.807) is 17.0 Å². The molecular weight excluding hydrogens is 257 g/mol. The zero-order valence-corrected chi connectivity index (χ0v) is 11.6. The van der Waals surface area contributed by atoms with Crippen molar-refractivity contribution in [2.24, 2.45) is 5.73 Å². The third-order valence-electron chi connectivity index (χ3n) is 3.63. The number of anilines is 1. The molecule has 0 heterocycles. The summed E-state index contributed by atoms with van der Waals surface area (Å²) in [6, 6.07) is 6.20. The molecule has 2 amide bonds. The Kier molecular flexibility index (Phi) is 5.35. The Bertz CT molecular complexity index is 446. The van der Waals surface area contributed by atoms with Gasteiger partial charge in [-0.25, -0.2) is 9.18 Å². The van der Waals surface area contributed by atoms with Crippen molar-refractivity contribution in [2.45, 2.75) is 38.1 Å². The van der Waals surface area contributed by atoms with Crippen LogP contribution in [0.15, 0.2) is 24.3 Å². The number of urea groups is 1. The highest BCUT2D eigenvalue weighted by atomic mass is 19.1. The van der Waals surface area contributed by atoms with Crippen LogP contribution in [0.2, 0.25) is 0 Å². The summed E-state index contributed by atoms with van der Waals surface area (Å²) in [4.78, 5) is 13.9. The lowest BCUT2D eigenvalue weighted by Gasteiger charge is -2.25. The third-order valence-corrected chi connectivity index (χ3v) is 3.63. The van der Waals surface area contributed by atoms with Gasteiger partial charge in [-0.05, 0) is 44.0 Å². The van der Waals surface area contributed by atoms with Gasteiger partial charge in [0.15, 0.2) is 0 Å². The lowest BCUT2D eigenvalue weighted by Crippen LogP contribution is -2.45. The molecular formula is C15H22FN3O. The van der Waals surface area contributed by atoms with Gasteiger partial charge in [-0.3, -0.25) is 4.90 Å². The van der Waals surface area contributed by atoms with Crippen LogP contribution in [0.1, 0.15) is 32.1 Å². The van der Waals surface area contributed by atoms with E-state index in [-0.39, 0.29) is 17.9 Å². The molecule has 1 aromatic carbocycles. The van der Waals surface area contributed by atoms with Crippen LogP contribution in [-0.2, 0) is 0 Å². The molecule has 0 bridgehead atoms. The average Bonchev–Trinajstić information content (AvgIpc) is 2.92. The molecule has 1 aromatic rings. The summed E-state index contributed by atoms with van der Waals surface area (Å²) in [5.41, 5.74) is 6.09. The maximum absolute atomic E-state index is 13.3. The molecule has 0 atom stereocenters. The van der Waals surface area contributed by atoms with Crippen molar-refractivity contribution < 1.29 is 9.18 Å². The second kappa shape index (κ2) is 7.24. The summed E-state index contributed by atoms with van der Waals surface area (Å²) in [5.74, 6) is -0.339. The fourth-order valence-corrected chi connectivity index (χ4v) is 2.56. The Morgan fingerprint density at radius 2 is 2.15 bits per heavy atom. The first kappa shape index (κ1) is 14.8. The summed E-state index contributed by atoms with van der Waals surface area (Å²) >= 11 is 0. The molecule has 0 saturated heterocycles. The molecule has 1 fully saturated rings. The monoisotopic (exact) mass is 279 g/mol. The van der Waals surface area contributed by atoms with Gasteiger partial charge in [0.05, 0.1) is 0 Å². The maximum atomic E-state index is 13.3. The number of nitrogens with two attached hydrogens (primary N) is 1. The summed E-state index contributed by atoms with van der Waals surface area (Å²) in [5, 5.41) is 3.03. The first-order chi connectivity index (χ1) is 9.70. The Balaban J connectivity index is 2.07. The fraction of sp³-hybridized carbons (Fsp3) is 0.533. The third kappa shape index (κ3) is 3.93. The van der Waals surface area contributed by atoms with Gasteiger partial charge in [-0.15, -0.1) is 0 Å². The lowest BCUT2D eigenvalue weighted by atomic mass is 10.2. The lowest BCUT2D eigenvalue weighted by molar-refractivity contribution is 0.242. The molecule has 0 aliphatic heterocycles. The van der Waals surface area contributed by atoms with Crippen LogP contribution >= 0.6 is 0 Å². The van der Waals surface area contributed by atoms with E-state index >= 15 is 0 Å². The molecule has 3 N–H and O–H groups in total. The molecule has 1 aliphatic carbocycles. The van der Waals surface area contributed by atoms with Crippen LogP contribution in [0.5, 0.6) is 0 Å². The summed E-state index contributed by atoms with van der Waals surface area (Å²) in [7, 11) is 0. The molecule has 0 aromatic heterocycles. The number of rotatable bonds is 5. The van der Waals surface area contributed by atoms with Gasteiger partial charge < -0.3 is 11.1 Å². The average molecular weight is 279 g/mol. The molecule has 1 saturated carbocycles. The van der Waals surface area contributed by atoms with E-state index in [2.05, 4.69) is 5.32 Å². The Labute approximate surface area is 119 Å². The van der Waals surface area contributed by atoms with Gasteiger partial charge in [0.1, 0.15) is 5.82 Å². The number of nitrogens with zero attached hydrogens (tertiary/aromatic N) is 1. The molecule has 2 rings (SSSR count). The van der Waals surface area contributed by atoms with Gasteiger partial charge in [0.2, 0.25) is 0 Å². The standard InChI is InChI=1S/C15H22FN3O/c16-12-5-3-8-14(11-12)19(10-4-9-17)15(20)18-13-6-1-2-7-13/h3,5,8,11,13H,1-2,4,6-7,9-10,17H2,(H,18,20). The molecule has 5 heteroatoms. The number of carbonyl (C=O) groups is 1. The first-order valence-electron chi connectivity index (χ1n) is 7.24. The topological polar surface area (TPSA) is 58.4 Å². The number of nitrogens with one attached hydrogen (secondary N) is 1. The highest BCUT2D eigenvalue weighted by molar-refractivity contribution is 5.92. The minimum atomic E-state index is -0.339. The van der Waals surface area contributed by atoms with E-state index in [4.69, 9.17) is 5.73 Å². The van der Waals surface area contributed by atoms with Gasteiger partial charge in [-0.2, -0.15) is 0 Å². The number of amides is 2. The minimum absolute atomic E-state index is 0.157. The van der Waals surface area contributed by atoms with Crippen LogP contribution < -0.4 is 16.0 Å². The normalized spacial score (nSPS) is 15.3. The zero-order valence-electron chi connectivity index (χ0n) is 11.6. The smallest absolute Gasteiger partial charge is 0.322 e. The van der Waals surface area contributed by atoms with Gasteiger partial charge >= 0.3 is 6.03 Å². The van der Waals surface area contributed by atoms with Crippen LogP contribution in [0, 0.1) is 5.82 Å². The zero-order chi connectivity index (χ0) is 14.4. The minimum Gasteiger partial charge on any atom is -0.335 e. The van der Waals surface area contributed by atoms with Crippen molar-refractivity contribution >= 4 is 11.7 Å². The van der Waals surface area contributed by atoms with E-state index < -0.39 is 0 Å². The van der Waals surface area contributed by atoms with E-state index in [0.29, 0.717) is 25.2 Å². The number of hydrogen-bond donors (Lipinski definition) is 2. The maximum Gasteiger partial charge on any atom is 0.322 e. The van der Waals surface area contributed by atoms with Crippen LogP contribution in [-0.4, -0.2) is 25.2 Å². The SMILES string of the molecule is NCCCN(C(=O)NC1CCCC1)c1cccc(F)c1. The predicted octanol–water partition coefficient (Wildman–Crippen LogP) is 2.63. The van der Waals surface area contributed by atoms with Crippen molar-refractivity contribution in [1.82, 2.24) is 5.32 Å². The highest BCUT2D eigenvalue weighted by Gasteiger charge is 2.21. The number of benzene rings is 1. The molecule has 1 aliphatic rings. The Morgan fingerprint density at radius 3 is 2.80 bits per heavy atom. The molecule has 20 heavy (non-hydrogen) atoms. The molecule has 110 valence electrons. The summed E-state index contributed by atoms with van der Waals surface area (Å²) in [6.45, 7) is 1.00. The van der Waals surface area contributed by atoms with E-state index in [1.807, 2.05) is 0 Å². The highest BCUT2D eigenvalue weighted by Crippen LogP contribution is 2.20. The van der Waals surface area contributed by atoms with E-state index in [9.17, 15) is 9.18 Å². The number of halogens is 1. The first-order valence-corrected chi connectivity index (χ1v) is 7.24. The van der Waals surface area contributed by atoms with Gasteiger partial charge in [-0.1, -0.05) is 18.9 Å². The Hall–Kier alpha value is -1.62. The van der Waals surface area contributed by atoms with Crippen molar-refractivity contribution in [2.75, 3.05) is 18.0 Å². The molecule has 4 nitrogen and oxygen atoms in total. The van der Waals surface area contributed by atoms with Crippen LogP contribution in [0.3, 0.4) is 0 Å². The van der Waals surface area contributed by atoms with Gasteiger partial charge in [0.25, 0.3) is 0 Å². The largest absolute Gasteiger partial charge is 0.335 e. The van der Waals surface area contributed by atoms with Gasteiger partial charge in [0, 0.05) is 18.3 Å². The van der Waals surface area contributed by atoms with Crippen molar-refractivity contribution in [3.05, 3.63) is 30.1 Å². The van der Waals surface area contributed by atoms with Crippen molar-refractivity contribution in [3.63, 3.8) is 0 Å². The summed E-state index contributed by atoms with van der Waals surface area (Å²) in [6.07, 6.45) is 5.06. The van der Waals surface area contributed by atoms with E-state index in [1.165, 1.54) is 12.1 Å². The quantitative estimate of drug-likeness (QED) is 0.870. The Morgan fingerprint density at radius 1 is 1.40 bits per heavy atom.